The molecular weight excluding hydrogens is 564 g/mol. The summed E-state index contributed by atoms with van der Waals surface area (Å²) in [6, 6.07) is 26.5. The quantitative estimate of drug-likeness (QED) is 0.258. The molecule has 0 saturated heterocycles. The lowest BCUT2D eigenvalue weighted by Gasteiger charge is -2.31. The van der Waals surface area contributed by atoms with Crippen LogP contribution < -0.4 is 4.74 Å². The molecule has 0 unspecified atom stereocenters. The molecule has 0 radical (unpaired) electrons. The molecule has 4 aliphatic rings. The van der Waals surface area contributed by atoms with E-state index in [-0.39, 0.29) is 34.1 Å². The van der Waals surface area contributed by atoms with Crippen LogP contribution >= 0.6 is 0 Å². The first kappa shape index (κ1) is 26.5. The van der Waals surface area contributed by atoms with Crippen LogP contribution in [-0.2, 0) is 9.59 Å². The fraction of sp³-hybridized carbons (Fsp3) is 0.0526. The van der Waals surface area contributed by atoms with Gasteiger partial charge in [-0.1, -0.05) is 60.7 Å². The molecule has 7 heteroatoms. The number of amides is 2. The molecule has 0 aliphatic carbocycles. The number of hydrogen-bond donors (Lipinski definition) is 0. The van der Waals surface area contributed by atoms with Crippen molar-refractivity contribution in [3.8, 4) is 5.75 Å². The van der Waals surface area contributed by atoms with E-state index in [1.54, 1.807) is 36.5 Å². The number of rotatable bonds is 5. The van der Waals surface area contributed by atoms with Gasteiger partial charge in [0, 0.05) is 45.8 Å². The summed E-state index contributed by atoms with van der Waals surface area (Å²) >= 11 is 0. The van der Waals surface area contributed by atoms with Gasteiger partial charge in [-0.15, -0.1) is 0 Å². The lowest BCUT2D eigenvalue weighted by Crippen LogP contribution is -2.28. The molecule has 4 aromatic rings. The Kier molecular flexibility index (Phi) is 5.73. The molecule has 4 heterocycles. The molecule has 0 bridgehead atoms. The predicted octanol–water partition coefficient (Wildman–Crippen LogP) is 6.24. The van der Waals surface area contributed by atoms with E-state index in [1.807, 2.05) is 79.7 Å². The largest absolute Gasteiger partial charge is 0.496 e. The summed E-state index contributed by atoms with van der Waals surface area (Å²) < 4.78 is 5.69. The van der Waals surface area contributed by atoms with Crippen LogP contribution in [0.5, 0.6) is 5.75 Å². The highest BCUT2D eigenvalue weighted by Crippen LogP contribution is 2.54. The van der Waals surface area contributed by atoms with Crippen LogP contribution in [0, 0.1) is 6.92 Å². The highest BCUT2D eigenvalue weighted by Gasteiger charge is 2.51. The summed E-state index contributed by atoms with van der Waals surface area (Å²) in [5.41, 5.74) is 8.85. The van der Waals surface area contributed by atoms with Gasteiger partial charge in [0.05, 0.1) is 29.7 Å². The van der Waals surface area contributed by atoms with E-state index < -0.39 is 0 Å². The van der Waals surface area contributed by atoms with Crippen LogP contribution in [-0.4, -0.2) is 41.3 Å². The van der Waals surface area contributed by atoms with Crippen LogP contribution in [0.25, 0.3) is 22.5 Å². The maximum atomic E-state index is 14.5. The van der Waals surface area contributed by atoms with E-state index in [4.69, 9.17) is 4.74 Å². The number of aryl methyl sites for hydroxylation is 1. The van der Waals surface area contributed by atoms with Crippen LogP contribution in [0.2, 0.25) is 0 Å². The molecule has 8 rings (SSSR count). The third kappa shape index (κ3) is 3.64. The van der Waals surface area contributed by atoms with Gasteiger partial charge < -0.3 is 4.74 Å². The first-order chi connectivity index (χ1) is 21.9. The van der Waals surface area contributed by atoms with Crippen LogP contribution in [0.3, 0.4) is 0 Å². The van der Waals surface area contributed by atoms with E-state index in [1.165, 1.54) is 4.90 Å². The minimum absolute atomic E-state index is 0.180. The minimum atomic E-state index is -0.348. The lowest BCUT2D eigenvalue weighted by atomic mass is 9.86. The first-order valence-corrected chi connectivity index (χ1v) is 14.4. The molecule has 2 amide bonds. The number of fused-ring (bicyclic) bond motifs is 7. The second-order valence-corrected chi connectivity index (χ2v) is 11.2. The monoisotopic (exact) mass is 588 g/mol. The second kappa shape index (κ2) is 9.72. The minimum Gasteiger partial charge on any atom is -0.496 e. The highest BCUT2D eigenvalue weighted by atomic mass is 16.5. The molecule has 0 saturated carbocycles. The first-order valence-electron chi connectivity index (χ1n) is 14.4. The zero-order valence-corrected chi connectivity index (χ0v) is 24.3. The van der Waals surface area contributed by atoms with E-state index in [9.17, 15) is 19.2 Å². The van der Waals surface area contributed by atoms with Gasteiger partial charge in [-0.25, -0.2) is 0 Å². The molecule has 7 nitrogen and oxygen atoms in total. The number of carbonyl (C=O) groups excluding carboxylic acids is 4. The van der Waals surface area contributed by atoms with Gasteiger partial charge in [0.2, 0.25) is 0 Å². The molecule has 4 aromatic carbocycles. The number of carbonyl (C=O) groups is 4. The highest BCUT2D eigenvalue weighted by molar-refractivity contribution is 6.32. The number of benzene rings is 4. The zero-order valence-electron chi connectivity index (χ0n) is 24.3. The van der Waals surface area contributed by atoms with Crippen molar-refractivity contribution in [2.75, 3.05) is 7.11 Å². The summed E-state index contributed by atoms with van der Waals surface area (Å²) in [5.74, 6) is -0.0559. The standard InChI is InChI=1S/C38H24N2O5/c1-21-13-26-29(16-32(21)45-2)36-34-33(37(43)40(36)17-30(26)22-9-5-3-6-10-22)35-28-15-25(20-42)24(19-41)14-27(28)31(18-39(35)38(34)44)23-11-7-4-8-12-23/h3-20H,1-2H3. The third-order valence-electron chi connectivity index (χ3n) is 8.86. The van der Waals surface area contributed by atoms with Crippen molar-refractivity contribution in [2.45, 2.75) is 6.92 Å². The van der Waals surface area contributed by atoms with E-state index in [0.29, 0.717) is 52.0 Å². The van der Waals surface area contributed by atoms with Crippen LogP contribution in [0.4, 0.5) is 0 Å². The Morgan fingerprint density at radius 2 is 1.04 bits per heavy atom. The van der Waals surface area contributed by atoms with Crippen molar-refractivity contribution < 1.29 is 23.9 Å². The van der Waals surface area contributed by atoms with Gasteiger partial charge in [0.15, 0.2) is 12.6 Å². The third-order valence-corrected chi connectivity index (χ3v) is 8.86. The van der Waals surface area contributed by atoms with Gasteiger partial charge >= 0.3 is 0 Å². The molecular formula is C38H24N2O5. The average Bonchev–Trinajstić information content (AvgIpc) is 3.54. The Bertz CT molecular complexity index is 2170. The lowest BCUT2D eigenvalue weighted by molar-refractivity contribution is -0.122. The topological polar surface area (TPSA) is 84.0 Å². The second-order valence-electron chi connectivity index (χ2n) is 11.2. The van der Waals surface area contributed by atoms with Crippen LogP contribution in [0.1, 0.15) is 59.7 Å². The Balaban J connectivity index is 1.44. The maximum Gasteiger partial charge on any atom is 0.265 e. The van der Waals surface area contributed by atoms with Gasteiger partial charge in [-0.3, -0.25) is 29.0 Å². The Morgan fingerprint density at radius 1 is 0.600 bits per heavy atom. The van der Waals surface area contributed by atoms with Gasteiger partial charge in [-0.05, 0) is 59.0 Å². The van der Waals surface area contributed by atoms with Crippen molar-refractivity contribution >= 4 is 46.9 Å². The SMILES string of the molecule is COc1cc2c(cc1C)C(c1ccccc1)=CN1C(=O)C3=C4c5cc(C=O)c(C=O)cc5C(c5ccccc5)=CN4C(=O)C3=C21. The molecule has 0 fully saturated rings. The molecule has 0 atom stereocenters. The Hall–Kier alpha value is -6.08. The molecule has 45 heavy (non-hydrogen) atoms. The van der Waals surface area contributed by atoms with Crippen molar-refractivity contribution in [1.29, 1.82) is 0 Å². The summed E-state index contributed by atoms with van der Waals surface area (Å²) in [5, 5.41) is 0. The van der Waals surface area contributed by atoms with E-state index >= 15 is 0 Å². The molecule has 216 valence electrons. The molecule has 0 aromatic heterocycles. The number of ether oxygens (including phenoxy) is 1. The fourth-order valence-electron chi connectivity index (χ4n) is 6.79. The normalized spacial score (nSPS) is 16.0. The smallest absolute Gasteiger partial charge is 0.265 e. The van der Waals surface area contributed by atoms with Gasteiger partial charge in [0.1, 0.15) is 5.75 Å². The van der Waals surface area contributed by atoms with Crippen molar-refractivity contribution in [3.05, 3.63) is 159 Å². The van der Waals surface area contributed by atoms with E-state index in [0.717, 1.165) is 27.8 Å². The van der Waals surface area contributed by atoms with Crippen LogP contribution in [0.15, 0.2) is 108 Å². The summed E-state index contributed by atoms with van der Waals surface area (Å²) in [7, 11) is 1.60. The van der Waals surface area contributed by atoms with Gasteiger partial charge in [-0.2, -0.15) is 0 Å². The Morgan fingerprint density at radius 3 is 1.51 bits per heavy atom. The zero-order chi connectivity index (χ0) is 31.0. The number of nitrogens with zero attached hydrogens (tertiary/aromatic N) is 2. The molecule has 0 spiro atoms. The molecule has 0 N–H and O–H groups in total. The predicted molar refractivity (Wildman–Crippen MR) is 170 cm³/mol. The number of methoxy groups -OCH3 is 1. The maximum absolute atomic E-state index is 14.5. The summed E-state index contributed by atoms with van der Waals surface area (Å²) in [6.07, 6.45) is 4.80. The van der Waals surface area contributed by atoms with Crippen molar-refractivity contribution in [2.24, 2.45) is 0 Å². The van der Waals surface area contributed by atoms with Gasteiger partial charge in [0.25, 0.3) is 11.8 Å². The average molecular weight is 589 g/mol. The van der Waals surface area contributed by atoms with Crippen molar-refractivity contribution in [1.82, 2.24) is 9.80 Å². The van der Waals surface area contributed by atoms with Crippen molar-refractivity contribution in [3.63, 3.8) is 0 Å². The summed E-state index contributed by atoms with van der Waals surface area (Å²) in [6.45, 7) is 1.96. The fourth-order valence-corrected chi connectivity index (χ4v) is 6.79. The number of hydrogen-bond acceptors (Lipinski definition) is 5. The summed E-state index contributed by atoms with van der Waals surface area (Å²) in [4.78, 5) is 56.2. The molecule has 4 aliphatic heterocycles. The Labute approximate surface area is 258 Å². The van der Waals surface area contributed by atoms with E-state index in [2.05, 4.69) is 0 Å². The number of aldehydes is 2.